The maximum absolute atomic E-state index is 11.4. The molecule has 1 saturated heterocycles. The Bertz CT molecular complexity index is 303. The number of amides is 4. The molecule has 96 valence electrons. The van der Waals surface area contributed by atoms with E-state index in [1.165, 1.54) is 0 Å². The van der Waals surface area contributed by atoms with E-state index in [0.717, 1.165) is 4.90 Å². The van der Waals surface area contributed by atoms with Gasteiger partial charge in [0.25, 0.3) is 5.91 Å². The van der Waals surface area contributed by atoms with E-state index < -0.39 is 23.9 Å². The molecule has 1 unspecified atom stereocenters. The maximum Gasteiger partial charge on any atom is 0.325 e. The molecule has 1 fully saturated rings. The van der Waals surface area contributed by atoms with Crippen LogP contribution in [0.2, 0.25) is 0 Å². The highest BCUT2D eigenvalue weighted by molar-refractivity contribution is 6.04. The molecule has 0 aliphatic carbocycles. The van der Waals surface area contributed by atoms with Crippen molar-refractivity contribution in [2.75, 3.05) is 19.6 Å². The molecule has 0 aromatic heterocycles. The van der Waals surface area contributed by atoms with Gasteiger partial charge in [-0.05, 0) is 12.8 Å². The van der Waals surface area contributed by atoms with Crippen LogP contribution in [-0.4, -0.2) is 53.6 Å². The van der Waals surface area contributed by atoms with Crippen molar-refractivity contribution in [3.63, 3.8) is 0 Å². The number of hydrogen-bond donors (Lipinski definition) is 3. The quantitative estimate of drug-likeness (QED) is 0.511. The summed E-state index contributed by atoms with van der Waals surface area (Å²) in [5, 5.41) is 14.1. The SMILES string of the molecule is CCC(O)CCNC(=O)CN1C(=O)CNC1=O. The first kappa shape index (κ1) is 13.4. The molecule has 0 radical (unpaired) electrons. The van der Waals surface area contributed by atoms with Gasteiger partial charge in [0.05, 0.1) is 12.6 Å². The number of carbonyl (C=O) groups excluding carboxylic acids is 3. The lowest BCUT2D eigenvalue weighted by atomic mass is 10.2. The molecule has 1 atom stereocenters. The van der Waals surface area contributed by atoms with Crippen LogP contribution < -0.4 is 10.6 Å². The zero-order valence-corrected chi connectivity index (χ0v) is 9.73. The van der Waals surface area contributed by atoms with Crippen molar-refractivity contribution < 1.29 is 19.5 Å². The van der Waals surface area contributed by atoms with E-state index in [1.54, 1.807) is 0 Å². The summed E-state index contributed by atoms with van der Waals surface area (Å²) in [6.45, 7) is 1.85. The van der Waals surface area contributed by atoms with Crippen molar-refractivity contribution in [3.05, 3.63) is 0 Å². The molecule has 1 heterocycles. The minimum absolute atomic E-state index is 0.0549. The van der Waals surface area contributed by atoms with Crippen LogP contribution in [0.25, 0.3) is 0 Å². The number of nitrogens with one attached hydrogen (secondary N) is 2. The van der Waals surface area contributed by atoms with Crippen molar-refractivity contribution in [3.8, 4) is 0 Å². The van der Waals surface area contributed by atoms with Crippen molar-refractivity contribution in [2.45, 2.75) is 25.9 Å². The summed E-state index contributed by atoms with van der Waals surface area (Å²) in [5.74, 6) is -0.808. The summed E-state index contributed by atoms with van der Waals surface area (Å²) < 4.78 is 0. The molecule has 0 aromatic carbocycles. The number of aliphatic hydroxyl groups excluding tert-OH is 1. The molecule has 7 heteroatoms. The molecule has 4 amide bonds. The summed E-state index contributed by atoms with van der Waals surface area (Å²) >= 11 is 0. The molecule has 3 N–H and O–H groups in total. The van der Waals surface area contributed by atoms with Gasteiger partial charge in [0.2, 0.25) is 5.91 Å². The normalized spacial score (nSPS) is 16.9. The third-order valence-corrected chi connectivity index (χ3v) is 2.51. The van der Waals surface area contributed by atoms with Gasteiger partial charge in [-0.2, -0.15) is 0 Å². The molecule has 0 spiro atoms. The summed E-state index contributed by atoms with van der Waals surface area (Å²) in [4.78, 5) is 34.6. The van der Waals surface area contributed by atoms with Crippen LogP contribution in [0.15, 0.2) is 0 Å². The Morgan fingerprint density at radius 3 is 2.82 bits per heavy atom. The number of urea groups is 1. The van der Waals surface area contributed by atoms with Crippen molar-refractivity contribution >= 4 is 17.8 Å². The van der Waals surface area contributed by atoms with Gasteiger partial charge in [0.1, 0.15) is 6.54 Å². The first-order valence-corrected chi connectivity index (χ1v) is 5.57. The Morgan fingerprint density at radius 2 is 2.29 bits per heavy atom. The van der Waals surface area contributed by atoms with Gasteiger partial charge in [0, 0.05) is 6.54 Å². The topological polar surface area (TPSA) is 98.7 Å². The second-order valence-corrected chi connectivity index (χ2v) is 3.84. The smallest absolute Gasteiger partial charge is 0.325 e. The van der Waals surface area contributed by atoms with E-state index in [9.17, 15) is 19.5 Å². The first-order valence-electron chi connectivity index (χ1n) is 5.57. The Kier molecular flexibility index (Phi) is 4.89. The van der Waals surface area contributed by atoms with E-state index in [2.05, 4.69) is 10.6 Å². The van der Waals surface area contributed by atoms with E-state index in [-0.39, 0.29) is 13.1 Å². The Morgan fingerprint density at radius 1 is 1.59 bits per heavy atom. The first-order chi connectivity index (χ1) is 8.04. The van der Waals surface area contributed by atoms with Crippen molar-refractivity contribution in [1.29, 1.82) is 0 Å². The fraction of sp³-hybridized carbons (Fsp3) is 0.700. The van der Waals surface area contributed by atoms with Crippen LogP contribution in [0, 0.1) is 0 Å². The largest absolute Gasteiger partial charge is 0.393 e. The number of rotatable bonds is 6. The zero-order valence-electron chi connectivity index (χ0n) is 9.73. The lowest BCUT2D eigenvalue weighted by Crippen LogP contribution is -2.41. The van der Waals surface area contributed by atoms with Crippen LogP contribution in [0.3, 0.4) is 0 Å². The van der Waals surface area contributed by atoms with E-state index in [4.69, 9.17) is 0 Å². The molecule has 7 nitrogen and oxygen atoms in total. The number of imide groups is 1. The lowest BCUT2D eigenvalue weighted by molar-refractivity contribution is -0.130. The van der Waals surface area contributed by atoms with E-state index in [0.29, 0.717) is 19.4 Å². The maximum atomic E-state index is 11.4. The minimum Gasteiger partial charge on any atom is -0.393 e. The lowest BCUT2D eigenvalue weighted by Gasteiger charge is -2.13. The number of carbonyl (C=O) groups is 3. The van der Waals surface area contributed by atoms with Gasteiger partial charge < -0.3 is 15.7 Å². The molecule has 1 aliphatic heterocycles. The van der Waals surface area contributed by atoms with Crippen LogP contribution >= 0.6 is 0 Å². The molecule has 0 saturated carbocycles. The molecule has 0 aromatic rings. The molecule has 0 bridgehead atoms. The second-order valence-electron chi connectivity index (χ2n) is 3.84. The number of nitrogens with zero attached hydrogens (tertiary/aromatic N) is 1. The van der Waals surface area contributed by atoms with Crippen LogP contribution in [-0.2, 0) is 9.59 Å². The van der Waals surface area contributed by atoms with E-state index >= 15 is 0 Å². The van der Waals surface area contributed by atoms with Gasteiger partial charge in [0.15, 0.2) is 0 Å². The molecule has 1 rings (SSSR count). The van der Waals surface area contributed by atoms with Gasteiger partial charge in [-0.1, -0.05) is 6.92 Å². The standard InChI is InChI=1S/C10H17N3O4/c1-2-7(14)3-4-11-8(15)6-13-9(16)5-12-10(13)17/h7,14H,2-6H2,1H3,(H,11,15)(H,12,17). The average molecular weight is 243 g/mol. The monoisotopic (exact) mass is 243 g/mol. The Hall–Kier alpha value is -1.63. The number of aliphatic hydroxyl groups is 1. The fourth-order valence-corrected chi connectivity index (χ4v) is 1.40. The predicted molar refractivity (Wildman–Crippen MR) is 59.0 cm³/mol. The van der Waals surface area contributed by atoms with Crippen molar-refractivity contribution in [2.24, 2.45) is 0 Å². The minimum atomic E-state index is -0.543. The third-order valence-electron chi connectivity index (χ3n) is 2.51. The Balaban J connectivity index is 2.25. The zero-order chi connectivity index (χ0) is 12.8. The van der Waals surface area contributed by atoms with Gasteiger partial charge in [-0.25, -0.2) is 4.79 Å². The van der Waals surface area contributed by atoms with E-state index in [1.807, 2.05) is 6.92 Å². The third kappa shape index (κ3) is 4.03. The average Bonchev–Trinajstić information content (AvgIpc) is 2.60. The molecular weight excluding hydrogens is 226 g/mol. The molecule has 1 aliphatic rings. The van der Waals surface area contributed by atoms with Crippen molar-refractivity contribution in [1.82, 2.24) is 15.5 Å². The number of hydrogen-bond acceptors (Lipinski definition) is 4. The summed E-state index contributed by atoms with van der Waals surface area (Å²) in [6, 6.07) is -0.543. The van der Waals surface area contributed by atoms with Gasteiger partial charge in [-0.3, -0.25) is 14.5 Å². The highest BCUT2D eigenvalue weighted by Gasteiger charge is 2.29. The van der Waals surface area contributed by atoms with Gasteiger partial charge >= 0.3 is 6.03 Å². The summed E-state index contributed by atoms with van der Waals surface area (Å²) in [7, 11) is 0. The summed E-state index contributed by atoms with van der Waals surface area (Å²) in [6.07, 6.45) is 0.651. The van der Waals surface area contributed by atoms with Gasteiger partial charge in [-0.15, -0.1) is 0 Å². The summed E-state index contributed by atoms with van der Waals surface area (Å²) in [5.41, 5.74) is 0. The van der Waals surface area contributed by atoms with Crippen LogP contribution in [0.1, 0.15) is 19.8 Å². The highest BCUT2D eigenvalue weighted by atomic mass is 16.3. The van der Waals surface area contributed by atoms with Crippen LogP contribution in [0.4, 0.5) is 4.79 Å². The second kappa shape index (κ2) is 6.19. The molecular formula is C10H17N3O4. The predicted octanol–water partition coefficient (Wildman–Crippen LogP) is -1.18. The highest BCUT2D eigenvalue weighted by Crippen LogP contribution is 1.98. The Labute approximate surface area is 99.2 Å². The van der Waals surface area contributed by atoms with Crippen LogP contribution in [0.5, 0.6) is 0 Å². The molecule has 17 heavy (non-hydrogen) atoms. The fourth-order valence-electron chi connectivity index (χ4n) is 1.40.